The molecule has 0 heterocycles. The summed E-state index contributed by atoms with van der Waals surface area (Å²) in [4.78, 5) is 0. The molecule has 0 aliphatic heterocycles. The van der Waals surface area contributed by atoms with Gasteiger partial charge in [0.25, 0.3) is 0 Å². The number of nitrogens with one attached hydrogen (secondary N) is 2. The Labute approximate surface area is 187 Å². The van der Waals surface area contributed by atoms with E-state index in [-0.39, 0.29) is 5.91 Å². The van der Waals surface area contributed by atoms with E-state index in [2.05, 4.69) is 132 Å². The summed E-state index contributed by atoms with van der Waals surface area (Å²) in [7, 11) is -0.613. The normalized spacial score (nSPS) is 12.0. The average molecular weight is 425 g/mol. The zero-order valence-electron chi connectivity index (χ0n) is 17.7. The molecule has 0 aliphatic carbocycles. The van der Waals surface area contributed by atoms with Crippen LogP contribution < -0.4 is 21.2 Å². The first-order valence-corrected chi connectivity index (χ1v) is 12.3. The van der Waals surface area contributed by atoms with Gasteiger partial charge in [0, 0.05) is 13.1 Å². The lowest BCUT2D eigenvalue weighted by Gasteiger charge is -2.30. The van der Waals surface area contributed by atoms with Crippen molar-refractivity contribution in [3.8, 4) is 0 Å². The van der Waals surface area contributed by atoms with Crippen LogP contribution in [0.3, 0.4) is 0 Å². The molecule has 4 aromatic rings. The molecule has 0 saturated carbocycles. The van der Waals surface area contributed by atoms with Crippen LogP contribution in [0.2, 0.25) is 0 Å². The molecular weight excluding hydrogens is 395 g/mol. The molecule has 0 spiro atoms. The van der Waals surface area contributed by atoms with E-state index in [9.17, 15) is 0 Å². The fourth-order valence-electron chi connectivity index (χ4n) is 3.69. The van der Waals surface area contributed by atoms with E-state index in [4.69, 9.17) is 0 Å². The van der Waals surface area contributed by atoms with Crippen molar-refractivity contribution in [1.29, 1.82) is 0 Å². The second kappa shape index (κ2) is 11.6. The van der Waals surface area contributed by atoms with Crippen LogP contribution in [0, 0.1) is 0 Å². The highest BCUT2D eigenvalue weighted by Gasteiger charge is 2.24. The van der Waals surface area contributed by atoms with Gasteiger partial charge in [0.05, 0.1) is 5.91 Å². The van der Waals surface area contributed by atoms with Crippen molar-refractivity contribution in [2.24, 2.45) is 0 Å². The Kier molecular flexibility index (Phi) is 8.01. The first-order valence-electron chi connectivity index (χ1n) is 10.8. The third-order valence-corrected chi connectivity index (χ3v) is 7.85. The molecule has 1 atom stereocenters. The highest BCUT2D eigenvalue weighted by atomic mass is 31.1. The van der Waals surface area contributed by atoms with Crippen LogP contribution in [0.1, 0.15) is 11.1 Å². The smallest absolute Gasteiger partial charge is 0.0861 e. The standard InChI is InChI=1S/C28H29N2P/c1-5-13-24(14-6-1)21-22-29-28(30-23-25-15-7-2-8-16-25)31(26-17-9-3-10-18-26)27-19-11-4-12-20-27/h1-20,28-30H,21-23H2. The van der Waals surface area contributed by atoms with Gasteiger partial charge < -0.3 is 0 Å². The fourth-order valence-corrected chi connectivity index (χ4v) is 6.15. The molecule has 0 saturated heterocycles. The molecule has 4 aromatic carbocycles. The Morgan fingerprint density at radius 2 is 0.968 bits per heavy atom. The highest BCUT2D eigenvalue weighted by Crippen LogP contribution is 2.37. The molecule has 4 rings (SSSR count). The minimum atomic E-state index is -0.613. The van der Waals surface area contributed by atoms with Gasteiger partial charge in [-0.25, -0.2) is 0 Å². The van der Waals surface area contributed by atoms with Gasteiger partial charge in [-0.2, -0.15) is 0 Å². The van der Waals surface area contributed by atoms with E-state index in [1.54, 1.807) is 0 Å². The van der Waals surface area contributed by atoms with Crippen LogP contribution in [0.4, 0.5) is 0 Å². The summed E-state index contributed by atoms with van der Waals surface area (Å²) in [5, 5.41) is 10.4. The van der Waals surface area contributed by atoms with Crippen LogP contribution in [0.5, 0.6) is 0 Å². The van der Waals surface area contributed by atoms with Gasteiger partial charge >= 0.3 is 0 Å². The Bertz CT molecular complexity index is 968. The summed E-state index contributed by atoms with van der Waals surface area (Å²) in [6, 6.07) is 43.1. The van der Waals surface area contributed by atoms with Gasteiger partial charge in [-0.3, -0.25) is 10.6 Å². The number of hydrogen-bond donors (Lipinski definition) is 2. The number of benzene rings is 4. The fraction of sp³-hybridized carbons (Fsp3) is 0.143. The summed E-state index contributed by atoms with van der Waals surface area (Å²) < 4.78 is 0. The Hall–Kier alpha value is -2.77. The maximum Gasteiger partial charge on any atom is 0.0861 e. The zero-order chi connectivity index (χ0) is 21.1. The molecule has 0 fully saturated rings. The highest BCUT2D eigenvalue weighted by molar-refractivity contribution is 7.73. The molecule has 0 amide bonds. The van der Waals surface area contributed by atoms with Gasteiger partial charge in [0.2, 0.25) is 0 Å². The number of hydrogen-bond acceptors (Lipinski definition) is 2. The summed E-state index contributed by atoms with van der Waals surface area (Å²) >= 11 is 0. The average Bonchev–Trinajstić information content (AvgIpc) is 2.85. The lowest BCUT2D eigenvalue weighted by molar-refractivity contribution is 0.539. The van der Waals surface area contributed by atoms with Crippen molar-refractivity contribution >= 4 is 18.5 Å². The van der Waals surface area contributed by atoms with E-state index in [1.165, 1.54) is 21.7 Å². The van der Waals surface area contributed by atoms with Crippen molar-refractivity contribution < 1.29 is 0 Å². The van der Waals surface area contributed by atoms with E-state index in [0.717, 1.165) is 19.5 Å². The third kappa shape index (κ3) is 6.35. The zero-order valence-corrected chi connectivity index (χ0v) is 18.6. The molecule has 0 aliphatic rings. The minimum Gasteiger partial charge on any atom is -0.297 e. The summed E-state index contributed by atoms with van der Waals surface area (Å²) in [6.07, 6.45) is 1.01. The lowest BCUT2D eigenvalue weighted by atomic mass is 10.1. The molecular formula is C28H29N2P. The molecule has 156 valence electrons. The van der Waals surface area contributed by atoms with Crippen LogP contribution in [0.15, 0.2) is 121 Å². The second-order valence-corrected chi connectivity index (χ2v) is 9.79. The van der Waals surface area contributed by atoms with Crippen molar-refractivity contribution in [3.63, 3.8) is 0 Å². The van der Waals surface area contributed by atoms with E-state index < -0.39 is 7.92 Å². The molecule has 31 heavy (non-hydrogen) atoms. The Balaban J connectivity index is 1.57. The van der Waals surface area contributed by atoms with Crippen LogP contribution in [-0.4, -0.2) is 12.5 Å². The first kappa shape index (κ1) is 21.5. The number of rotatable bonds is 10. The van der Waals surface area contributed by atoms with Crippen molar-refractivity contribution in [1.82, 2.24) is 10.6 Å². The van der Waals surface area contributed by atoms with Gasteiger partial charge in [0.15, 0.2) is 0 Å². The largest absolute Gasteiger partial charge is 0.297 e. The topological polar surface area (TPSA) is 24.1 Å². The summed E-state index contributed by atoms with van der Waals surface area (Å²) in [5.74, 6) is 0.170. The van der Waals surface area contributed by atoms with Gasteiger partial charge in [0.1, 0.15) is 0 Å². The quantitative estimate of drug-likeness (QED) is 0.276. The predicted molar refractivity (Wildman–Crippen MR) is 134 cm³/mol. The predicted octanol–water partition coefficient (Wildman–Crippen LogP) is 5.03. The SMILES string of the molecule is c1ccc(CCNC(NCc2ccccc2)P(c2ccccc2)c2ccccc2)cc1. The van der Waals surface area contributed by atoms with E-state index in [1.807, 2.05) is 0 Å². The maximum atomic E-state index is 3.85. The monoisotopic (exact) mass is 424 g/mol. The van der Waals surface area contributed by atoms with Gasteiger partial charge in [-0.1, -0.05) is 121 Å². The second-order valence-electron chi connectivity index (χ2n) is 7.50. The molecule has 0 radical (unpaired) electrons. The van der Waals surface area contributed by atoms with E-state index in [0.29, 0.717) is 0 Å². The lowest BCUT2D eigenvalue weighted by Crippen LogP contribution is -2.45. The third-order valence-electron chi connectivity index (χ3n) is 5.26. The molecule has 1 unspecified atom stereocenters. The van der Waals surface area contributed by atoms with Crippen molar-refractivity contribution in [2.45, 2.75) is 18.9 Å². The molecule has 2 N–H and O–H groups in total. The molecule has 0 aromatic heterocycles. The van der Waals surface area contributed by atoms with Crippen molar-refractivity contribution in [3.05, 3.63) is 132 Å². The van der Waals surface area contributed by atoms with Crippen molar-refractivity contribution in [2.75, 3.05) is 6.54 Å². The maximum absolute atomic E-state index is 3.85. The van der Waals surface area contributed by atoms with Crippen LogP contribution in [-0.2, 0) is 13.0 Å². The first-order chi connectivity index (χ1) is 15.4. The van der Waals surface area contributed by atoms with Gasteiger partial charge in [-0.05, 0) is 36.1 Å². The molecule has 0 bridgehead atoms. The van der Waals surface area contributed by atoms with Crippen LogP contribution >= 0.6 is 7.92 Å². The Morgan fingerprint density at radius 1 is 0.516 bits per heavy atom. The molecule has 2 nitrogen and oxygen atoms in total. The van der Waals surface area contributed by atoms with E-state index >= 15 is 0 Å². The van der Waals surface area contributed by atoms with Gasteiger partial charge in [-0.15, -0.1) is 0 Å². The minimum absolute atomic E-state index is 0.170. The molecule has 3 heteroatoms. The Morgan fingerprint density at radius 3 is 1.48 bits per heavy atom. The summed E-state index contributed by atoms with van der Waals surface area (Å²) in [6.45, 7) is 1.76. The van der Waals surface area contributed by atoms with Crippen LogP contribution in [0.25, 0.3) is 0 Å². The summed E-state index contributed by atoms with van der Waals surface area (Å²) in [5.41, 5.74) is 2.66.